The Balaban J connectivity index is 2.35. The van der Waals surface area contributed by atoms with Crippen molar-refractivity contribution in [2.45, 2.75) is 37.2 Å². The first kappa shape index (κ1) is 17.2. The SMILES string of the molecule is CCC(C)C(N)C(=O)N(C)C1CS(=O)(=O)c2ccc(Cl)cc21. The maximum absolute atomic E-state index is 12.5. The van der Waals surface area contributed by atoms with E-state index in [2.05, 4.69) is 0 Å². The van der Waals surface area contributed by atoms with Crippen LogP contribution in [0.1, 0.15) is 31.9 Å². The van der Waals surface area contributed by atoms with Gasteiger partial charge in [-0.25, -0.2) is 8.42 Å². The summed E-state index contributed by atoms with van der Waals surface area (Å²) in [6, 6.07) is 3.49. The number of halogens is 1. The van der Waals surface area contributed by atoms with E-state index in [4.69, 9.17) is 17.3 Å². The van der Waals surface area contributed by atoms with E-state index in [1.807, 2.05) is 13.8 Å². The Morgan fingerprint density at radius 1 is 1.50 bits per heavy atom. The maximum Gasteiger partial charge on any atom is 0.240 e. The molecule has 22 heavy (non-hydrogen) atoms. The topological polar surface area (TPSA) is 80.5 Å². The van der Waals surface area contributed by atoms with E-state index in [9.17, 15) is 13.2 Å². The number of nitrogens with zero attached hydrogens (tertiary/aromatic N) is 1. The second kappa shape index (κ2) is 6.18. The van der Waals surface area contributed by atoms with E-state index in [1.165, 1.54) is 11.0 Å². The summed E-state index contributed by atoms with van der Waals surface area (Å²) in [6.45, 7) is 3.87. The van der Waals surface area contributed by atoms with E-state index < -0.39 is 21.9 Å². The Hall–Kier alpha value is -1.11. The predicted octanol–water partition coefficient (Wildman–Crippen LogP) is 2.00. The van der Waals surface area contributed by atoms with Gasteiger partial charge in [-0.3, -0.25) is 4.79 Å². The molecule has 0 aliphatic carbocycles. The number of amides is 1. The lowest BCUT2D eigenvalue weighted by atomic mass is 9.98. The summed E-state index contributed by atoms with van der Waals surface area (Å²) in [4.78, 5) is 14.2. The molecule has 0 bridgehead atoms. The van der Waals surface area contributed by atoms with Crippen LogP contribution in [-0.2, 0) is 14.6 Å². The first-order chi connectivity index (χ1) is 10.2. The van der Waals surface area contributed by atoms with Gasteiger partial charge in [0, 0.05) is 12.1 Å². The molecule has 0 saturated heterocycles. The van der Waals surface area contributed by atoms with E-state index in [0.717, 1.165) is 6.42 Å². The molecule has 3 atom stereocenters. The van der Waals surface area contributed by atoms with Crippen LogP contribution in [0.4, 0.5) is 0 Å². The molecule has 1 aromatic carbocycles. The molecule has 2 N–H and O–H groups in total. The molecule has 1 heterocycles. The molecule has 1 aliphatic heterocycles. The van der Waals surface area contributed by atoms with Crippen molar-refractivity contribution in [1.29, 1.82) is 0 Å². The van der Waals surface area contributed by atoms with Crippen molar-refractivity contribution < 1.29 is 13.2 Å². The summed E-state index contributed by atoms with van der Waals surface area (Å²) in [5.74, 6) is -0.341. The standard InChI is InChI=1S/C15H21ClN2O3S/c1-4-9(2)14(17)15(19)18(3)12-8-22(20,21)13-6-5-10(16)7-11(12)13/h5-7,9,12,14H,4,8,17H2,1-3H3. The fourth-order valence-electron chi connectivity index (χ4n) is 2.66. The van der Waals surface area contributed by atoms with E-state index in [-0.39, 0.29) is 22.5 Å². The first-order valence-corrected chi connectivity index (χ1v) is 9.26. The second-order valence-electron chi connectivity index (χ2n) is 5.84. The van der Waals surface area contributed by atoms with Gasteiger partial charge >= 0.3 is 0 Å². The fourth-order valence-corrected chi connectivity index (χ4v) is 4.67. The van der Waals surface area contributed by atoms with Crippen molar-refractivity contribution in [3.05, 3.63) is 28.8 Å². The monoisotopic (exact) mass is 344 g/mol. The number of hydrogen-bond acceptors (Lipinski definition) is 4. The van der Waals surface area contributed by atoms with Crippen LogP contribution < -0.4 is 5.73 Å². The highest BCUT2D eigenvalue weighted by atomic mass is 35.5. The van der Waals surface area contributed by atoms with Crippen LogP contribution in [0.3, 0.4) is 0 Å². The zero-order valence-electron chi connectivity index (χ0n) is 12.9. The van der Waals surface area contributed by atoms with E-state index >= 15 is 0 Å². The Morgan fingerprint density at radius 2 is 2.14 bits per heavy atom. The number of likely N-dealkylation sites (N-methyl/N-ethyl adjacent to an activating group) is 1. The summed E-state index contributed by atoms with van der Waals surface area (Å²) >= 11 is 5.98. The molecule has 2 rings (SSSR count). The first-order valence-electron chi connectivity index (χ1n) is 7.23. The van der Waals surface area contributed by atoms with Crippen LogP contribution in [0, 0.1) is 5.92 Å². The molecule has 3 unspecified atom stereocenters. The zero-order chi connectivity index (χ0) is 16.7. The number of hydrogen-bond donors (Lipinski definition) is 1. The largest absolute Gasteiger partial charge is 0.336 e. The zero-order valence-corrected chi connectivity index (χ0v) is 14.5. The Morgan fingerprint density at radius 3 is 2.73 bits per heavy atom. The van der Waals surface area contributed by atoms with E-state index in [1.54, 1.807) is 19.2 Å². The highest BCUT2D eigenvalue weighted by Gasteiger charge is 2.39. The molecular weight excluding hydrogens is 324 g/mol. The van der Waals surface area contributed by atoms with Crippen molar-refractivity contribution in [1.82, 2.24) is 4.90 Å². The number of carbonyl (C=O) groups excluding carboxylic acids is 1. The lowest BCUT2D eigenvalue weighted by molar-refractivity contribution is -0.134. The summed E-state index contributed by atoms with van der Waals surface area (Å²) < 4.78 is 24.5. The van der Waals surface area contributed by atoms with Gasteiger partial charge < -0.3 is 10.6 Å². The minimum Gasteiger partial charge on any atom is -0.336 e. The Labute approximate surface area is 136 Å². The maximum atomic E-state index is 12.5. The van der Waals surface area contributed by atoms with Gasteiger partial charge in [0.05, 0.1) is 22.7 Å². The summed E-state index contributed by atoms with van der Waals surface area (Å²) in [5, 5.41) is 0.452. The highest BCUT2D eigenvalue weighted by Crippen LogP contribution is 2.38. The molecule has 1 aliphatic rings. The lowest BCUT2D eigenvalue weighted by Crippen LogP contribution is -2.47. The minimum atomic E-state index is -3.39. The van der Waals surface area contributed by atoms with Crippen LogP contribution in [-0.4, -0.2) is 38.1 Å². The van der Waals surface area contributed by atoms with Crippen molar-refractivity contribution in [2.24, 2.45) is 11.7 Å². The van der Waals surface area contributed by atoms with Gasteiger partial charge in [0.2, 0.25) is 5.91 Å². The molecule has 0 fully saturated rings. The number of carbonyl (C=O) groups is 1. The normalized spacial score (nSPS) is 22.0. The second-order valence-corrected chi connectivity index (χ2v) is 8.28. The van der Waals surface area contributed by atoms with Crippen LogP contribution in [0.25, 0.3) is 0 Å². The number of benzene rings is 1. The average Bonchev–Trinajstić information content (AvgIpc) is 2.75. The van der Waals surface area contributed by atoms with Crippen LogP contribution >= 0.6 is 11.6 Å². The van der Waals surface area contributed by atoms with Gasteiger partial charge in [0.1, 0.15) is 0 Å². The number of nitrogens with two attached hydrogens (primary N) is 1. The smallest absolute Gasteiger partial charge is 0.240 e. The number of sulfone groups is 1. The average molecular weight is 345 g/mol. The molecule has 1 aromatic rings. The molecule has 1 amide bonds. The van der Waals surface area contributed by atoms with Crippen molar-refractivity contribution in [3.63, 3.8) is 0 Å². The fraction of sp³-hybridized carbons (Fsp3) is 0.533. The number of rotatable bonds is 4. The molecule has 0 aromatic heterocycles. The predicted molar refractivity (Wildman–Crippen MR) is 86.4 cm³/mol. The van der Waals surface area contributed by atoms with Gasteiger partial charge in [-0.15, -0.1) is 0 Å². The molecule has 0 saturated carbocycles. The summed E-state index contributed by atoms with van der Waals surface area (Å²) in [5.41, 5.74) is 6.56. The van der Waals surface area contributed by atoms with Gasteiger partial charge in [0.25, 0.3) is 0 Å². The van der Waals surface area contributed by atoms with Gasteiger partial charge in [-0.1, -0.05) is 31.9 Å². The minimum absolute atomic E-state index is 0.0341. The lowest BCUT2D eigenvalue weighted by Gasteiger charge is -2.29. The van der Waals surface area contributed by atoms with Crippen LogP contribution in [0.5, 0.6) is 0 Å². The van der Waals surface area contributed by atoms with Crippen molar-refractivity contribution >= 4 is 27.3 Å². The number of fused-ring (bicyclic) bond motifs is 1. The van der Waals surface area contributed by atoms with E-state index in [0.29, 0.717) is 10.6 Å². The third-order valence-corrected chi connectivity index (χ3v) is 6.43. The summed E-state index contributed by atoms with van der Waals surface area (Å²) in [7, 11) is -1.80. The van der Waals surface area contributed by atoms with Crippen LogP contribution in [0.2, 0.25) is 5.02 Å². The van der Waals surface area contributed by atoms with Crippen molar-refractivity contribution in [3.8, 4) is 0 Å². The third-order valence-electron chi connectivity index (χ3n) is 4.40. The highest BCUT2D eigenvalue weighted by molar-refractivity contribution is 7.91. The molecule has 7 heteroatoms. The molecule has 0 spiro atoms. The van der Waals surface area contributed by atoms with Gasteiger partial charge in [0.15, 0.2) is 9.84 Å². The molecule has 122 valence electrons. The Bertz CT molecular complexity index is 690. The Kier molecular flexibility index (Phi) is 4.84. The molecule has 5 nitrogen and oxygen atoms in total. The van der Waals surface area contributed by atoms with Crippen molar-refractivity contribution in [2.75, 3.05) is 12.8 Å². The summed E-state index contributed by atoms with van der Waals surface area (Å²) in [6.07, 6.45) is 0.784. The van der Waals surface area contributed by atoms with Crippen LogP contribution in [0.15, 0.2) is 23.1 Å². The molecular formula is C15H21ClN2O3S. The third kappa shape index (κ3) is 3.00. The quantitative estimate of drug-likeness (QED) is 0.905. The van der Waals surface area contributed by atoms with Gasteiger partial charge in [-0.05, 0) is 29.7 Å². The van der Waals surface area contributed by atoms with Gasteiger partial charge in [-0.2, -0.15) is 0 Å². The molecule has 0 radical (unpaired) electrons.